The Balaban J connectivity index is 1.88. The number of hydrogen-bond acceptors (Lipinski definition) is 3. The van der Waals surface area contributed by atoms with Crippen LogP contribution >= 0.6 is 11.3 Å². The maximum atomic E-state index is 4.75. The van der Waals surface area contributed by atoms with Gasteiger partial charge in [0.25, 0.3) is 0 Å². The van der Waals surface area contributed by atoms with Crippen molar-refractivity contribution in [1.82, 2.24) is 15.1 Å². The third-order valence-corrected chi connectivity index (χ3v) is 4.10. The number of nitrogens with zero attached hydrogens (tertiary/aromatic N) is 2. The number of para-hydroxylation sites is 1. The van der Waals surface area contributed by atoms with Gasteiger partial charge in [-0.15, -0.1) is 0 Å². The standard InChI is InChI=1S/C17H19N3S/c1-2-10-18-17(14-9-12-21-13-14)16-8-11-20(19-16)15-6-4-3-5-7-15/h3-9,11-13,17-18H,2,10H2,1H3. The zero-order valence-corrected chi connectivity index (χ0v) is 12.9. The largest absolute Gasteiger partial charge is 0.305 e. The van der Waals surface area contributed by atoms with Crippen LogP contribution in [-0.4, -0.2) is 16.3 Å². The minimum atomic E-state index is 0.168. The third-order valence-electron chi connectivity index (χ3n) is 3.40. The van der Waals surface area contributed by atoms with Crippen LogP contribution in [0.5, 0.6) is 0 Å². The summed E-state index contributed by atoms with van der Waals surface area (Å²) in [7, 11) is 0. The average molecular weight is 297 g/mol. The van der Waals surface area contributed by atoms with E-state index in [4.69, 9.17) is 5.10 Å². The molecule has 1 N–H and O–H groups in total. The Morgan fingerprint density at radius 3 is 2.76 bits per heavy atom. The van der Waals surface area contributed by atoms with Crippen molar-refractivity contribution >= 4 is 11.3 Å². The first-order valence-corrected chi connectivity index (χ1v) is 8.19. The van der Waals surface area contributed by atoms with Gasteiger partial charge in [0.15, 0.2) is 0 Å². The molecule has 0 radical (unpaired) electrons. The van der Waals surface area contributed by atoms with Gasteiger partial charge in [0.05, 0.1) is 17.4 Å². The molecule has 0 bridgehead atoms. The lowest BCUT2D eigenvalue weighted by Gasteiger charge is -2.15. The molecule has 21 heavy (non-hydrogen) atoms. The Labute approximate surface area is 129 Å². The van der Waals surface area contributed by atoms with Crippen molar-refractivity contribution in [2.24, 2.45) is 0 Å². The third kappa shape index (κ3) is 3.23. The van der Waals surface area contributed by atoms with Gasteiger partial charge in [0, 0.05) is 6.20 Å². The summed E-state index contributed by atoms with van der Waals surface area (Å²) < 4.78 is 1.93. The summed E-state index contributed by atoms with van der Waals surface area (Å²) >= 11 is 1.72. The minimum absolute atomic E-state index is 0.168. The molecule has 3 nitrogen and oxygen atoms in total. The zero-order valence-electron chi connectivity index (χ0n) is 12.1. The van der Waals surface area contributed by atoms with Gasteiger partial charge in [0.1, 0.15) is 0 Å². The number of benzene rings is 1. The van der Waals surface area contributed by atoms with E-state index in [9.17, 15) is 0 Å². The summed E-state index contributed by atoms with van der Waals surface area (Å²) in [6.07, 6.45) is 3.14. The van der Waals surface area contributed by atoms with Crippen LogP contribution in [0.15, 0.2) is 59.4 Å². The molecule has 108 valence electrons. The van der Waals surface area contributed by atoms with Crippen LogP contribution < -0.4 is 5.32 Å². The number of hydrogen-bond donors (Lipinski definition) is 1. The Bertz CT molecular complexity index is 658. The summed E-state index contributed by atoms with van der Waals surface area (Å²) in [6.45, 7) is 3.17. The molecule has 0 aliphatic rings. The van der Waals surface area contributed by atoms with Gasteiger partial charge in [0.2, 0.25) is 0 Å². The fourth-order valence-electron chi connectivity index (χ4n) is 2.34. The summed E-state index contributed by atoms with van der Waals surface area (Å²) in [5, 5.41) is 12.6. The molecule has 0 fully saturated rings. The molecule has 3 rings (SSSR count). The molecule has 0 spiro atoms. The van der Waals surface area contributed by atoms with Crippen molar-refractivity contribution in [3.63, 3.8) is 0 Å². The quantitative estimate of drug-likeness (QED) is 0.744. The number of nitrogens with one attached hydrogen (secondary N) is 1. The maximum absolute atomic E-state index is 4.75. The summed E-state index contributed by atoms with van der Waals surface area (Å²) in [6, 6.07) is 14.6. The molecule has 0 aliphatic carbocycles. The topological polar surface area (TPSA) is 29.9 Å². The second kappa shape index (κ2) is 6.70. The first kappa shape index (κ1) is 14.0. The smallest absolute Gasteiger partial charge is 0.0844 e. The van der Waals surface area contributed by atoms with Gasteiger partial charge in [-0.2, -0.15) is 16.4 Å². The van der Waals surface area contributed by atoms with Crippen molar-refractivity contribution in [3.8, 4) is 5.69 Å². The molecule has 0 saturated heterocycles. The monoisotopic (exact) mass is 297 g/mol. The van der Waals surface area contributed by atoms with Crippen LogP contribution in [0.2, 0.25) is 0 Å². The lowest BCUT2D eigenvalue weighted by Crippen LogP contribution is -2.23. The summed E-state index contributed by atoms with van der Waals surface area (Å²) in [4.78, 5) is 0. The number of rotatable bonds is 6. The van der Waals surface area contributed by atoms with E-state index in [0.29, 0.717) is 0 Å². The first-order chi connectivity index (χ1) is 10.4. The van der Waals surface area contributed by atoms with E-state index in [0.717, 1.165) is 24.3 Å². The lowest BCUT2D eigenvalue weighted by atomic mass is 10.1. The van der Waals surface area contributed by atoms with Crippen LogP contribution in [0, 0.1) is 0 Å². The average Bonchev–Trinajstić information content (AvgIpc) is 3.21. The van der Waals surface area contributed by atoms with E-state index in [1.54, 1.807) is 11.3 Å². The number of thiophene rings is 1. The predicted octanol–water partition coefficient (Wildman–Crippen LogP) is 4.02. The second-order valence-electron chi connectivity index (χ2n) is 4.96. The van der Waals surface area contributed by atoms with Gasteiger partial charge in [-0.1, -0.05) is 25.1 Å². The molecular formula is C17H19N3S. The van der Waals surface area contributed by atoms with Gasteiger partial charge in [-0.05, 0) is 53.6 Å². The number of aromatic nitrogens is 2. The highest BCUT2D eigenvalue weighted by Gasteiger charge is 2.16. The van der Waals surface area contributed by atoms with E-state index in [1.165, 1.54) is 5.56 Å². The van der Waals surface area contributed by atoms with Gasteiger partial charge < -0.3 is 5.32 Å². The first-order valence-electron chi connectivity index (χ1n) is 7.25. The fourth-order valence-corrected chi connectivity index (χ4v) is 3.02. The molecule has 3 aromatic rings. The highest BCUT2D eigenvalue weighted by Crippen LogP contribution is 2.23. The molecule has 4 heteroatoms. The molecule has 2 aromatic heterocycles. The summed E-state index contributed by atoms with van der Waals surface area (Å²) in [5.41, 5.74) is 3.43. The minimum Gasteiger partial charge on any atom is -0.305 e. The SMILES string of the molecule is CCCNC(c1ccsc1)c1ccn(-c2ccccc2)n1. The normalized spacial score (nSPS) is 12.4. The van der Waals surface area contributed by atoms with Crippen molar-refractivity contribution in [2.75, 3.05) is 6.54 Å². The predicted molar refractivity (Wildman–Crippen MR) is 88.0 cm³/mol. The van der Waals surface area contributed by atoms with Crippen LogP contribution in [0.1, 0.15) is 30.6 Å². The van der Waals surface area contributed by atoms with Crippen molar-refractivity contribution in [2.45, 2.75) is 19.4 Å². The van der Waals surface area contributed by atoms with E-state index < -0.39 is 0 Å². The fraction of sp³-hybridized carbons (Fsp3) is 0.235. The van der Waals surface area contributed by atoms with Crippen LogP contribution in [0.25, 0.3) is 5.69 Å². The summed E-state index contributed by atoms with van der Waals surface area (Å²) in [5.74, 6) is 0. The van der Waals surface area contributed by atoms with Gasteiger partial charge in [-0.25, -0.2) is 4.68 Å². The lowest BCUT2D eigenvalue weighted by molar-refractivity contribution is 0.582. The molecule has 1 aromatic carbocycles. The highest BCUT2D eigenvalue weighted by atomic mass is 32.1. The highest BCUT2D eigenvalue weighted by molar-refractivity contribution is 7.08. The second-order valence-corrected chi connectivity index (χ2v) is 5.74. The Kier molecular flexibility index (Phi) is 4.48. The molecule has 0 saturated carbocycles. The molecule has 2 heterocycles. The molecule has 1 unspecified atom stereocenters. The maximum Gasteiger partial charge on any atom is 0.0844 e. The van der Waals surface area contributed by atoms with Crippen molar-refractivity contribution in [1.29, 1.82) is 0 Å². The molecule has 0 aliphatic heterocycles. The Hall–Kier alpha value is -1.91. The van der Waals surface area contributed by atoms with E-state index in [-0.39, 0.29) is 6.04 Å². The van der Waals surface area contributed by atoms with E-state index in [2.05, 4.69) is 47.3 Å². The van der Waals surface area contributed by atoms with Crippen molar-refractivity contribution in [3.05, 3.63) is 70.7 Å². The molecule has 1 atom stereocenters. The van der Waals surface area contributed by atoms with Crippen LogP contribution in [-0.2, 0) is 0 Å². The van der Waals surface area contributed by atoms with Crippen molar-refractivity contribution < 1.29 is 0 Å². The zero-order chi connectivity index (χ0) is 14.5. The molecular weight excluding hydrogens is 278 g/mol. The van der Waals surface area contributed by atoms with Crippen LogP contribution in [0.3, 0.4) is 0 Å². The van der Waals surface area contributed by atoms with Crippen LogP contribution in [0.4, 0.5) is 0 Å². The van der Waals surface area contributed by atoms with Gasteiger partial charge >= 0.3 is 0 Å². The van der Waals surface area contributed by atoms with Gasteiger partial charge in [-0.3, -0.25) is 0 Å². The van der Waals surface area contributed by atoms with E-state index >= 15 is 0 Å². The Morgan fingerprint density at radius 2 is 2.05 bits per heavy atom. The molecule has 0 amide bonds. The Morgan fingerprint density at radius 1 is 1.19 bits per heavy atom. The van der Waals surface area contributed by atoms with E-state index in [1.807, 2.05) is 29.1 Å².